The lowest BCUT2D eigenvalue weighted by Gasteiger charge is -2.19. The highest BCUT2D eigenvalue weighted by molar-refractivity contribution is 6.06. The van der Waals surface area contributed by atoms with Crippen LogP contribution in [-0.2, 0) is 13.0 Å². The van der Waals surface area contributed by atoms with Crippen LogP contribution in [0, 0.1) is 0 Å². The second kappa shape index (κ2) is 9.04. The molecule has 1 amide bonds. The van der Waals surface area contributed by atoms with Gasteiger partial charge in [-0.05, 0) is 65.8 Å². The summed E-state index contributed by atoms with van der Waals surface area (Å²) in [6.07, 6.45) is 2.14. The molecule has 4 nitrogen and oxygen atoms in total. The molecule has 0 fully saturated rings. The molecule has 0 aromatic heterocycles. The molecule has 154 valence electrons. The number of rotatable bonds is 6. The van der Waals surface area contributed by atoms with Crippen LogP contribution in [0.3, 0.4) is 0 Å². The van der Waals surface area contributed by atoms with E-state index in [1.165, 1.54) is 5.56 Å². The van der Waals surface area contributed by atoms with Gasteiger partial charge in [0.15, 0.2) is 0 Å². The maximum atomic E-state index is 13.2. The third-order valence-electron chi connectivity index (χ3n) is 5.45. The molecule has 3 aromatic carbocycles. The van der Waals surface area contributed by atoms with Crippen molar-refractivity contribution in [3.05, 3.63) is 89.0 Å². The van der Waals surface area contributed by atoms with Crippen molar-refractivity contribution in [2.45, 2.75) is 39.2 Å². The lowest BCUT2D eigenvalue weighted by atomic mass is 9.99. The van der Waals surface area contributed by atoms with E-state index in [2.05, 4.69) is 30.5 Å². The third-order valence-corrected chi connectivity index (χ3v) is 5.45. The molecular weight excluding hydrogens is 372 g/mol. The van der Waals surface area contributed by atoms with E-state index in [0.29, 0.717) is 23.8 Å². The van der Waals surface area contributed by atoms with Gasteiger partial charge in [0.05, 0.1) is 5.56 Å². The Hall–Kier alpha value is -3.27. The molecule has 1 aliphatic heterocycles. The summed E-state index contributed by atoms with van der Waals surface area (Å²) in [4.78, 5) is 13.2. The van der Waals surface area contributed by atoms with Crippen molar-refractivity contribution in [1.29, 1.82) is 0 Å². The number of benzene rings is 3. The monoisotopic (exact) mass is 400 g/mol. The molecule has 30 heavy (non-hydrogen) atoms. The van der Waals surface area contributed by atoms with Crippen LogP contribution < -0.4 is 15.4 Å². The molecule has 4 heteroatoms. The highest BCUT2D eigenvalue weighted by Gasteiger charge is 2.17. The minimum atomic E-state index is -0.149. The molecule has 0 aliphatic carbocycles. The Morgan fingerprint density at radius 3 is 2.70 bits per heavy atom. The largest absolute Gasteiger partial charge is 0.488 e. The summed E-state index contributed by atoms with van der Waals surface area (Å²) >= 11 is 0. The van der Waals surface area contributed by atoms with Gasteiger partial charge >= 0.3 is 0 Å². The number of anilines is 2. The summed E-state index contributed by atoms with van der Waals surface area (Å²) in [5.74, 6) is 0.777. The number of hydrogen-bond acceptors (Lipinski definition) is 3. The van der Waals surface area contributed by atoms with Crippen molar-refractivity contribution in [1.82, 2.24) is 0 Å². The maximum absolute atomic E-state index is 13.2. The standard InChI is InChI=1S/C26H28N2O2/c1-18(2)20-10-13-25(30-17-19-7-4-3-5-8-19)23(16-20)26(29)28-22-11-12-24-21(15-22)9-6-14-27-24/h3-5,7-8,10-13,15-16,18,27H,6,9,14,17H2,1-2H3,(H,28,29). The summed E-state index contributed by atoms with van der Waals surface area (Å²) in [5.41, 5.74) is 5.96. The quantitative estimate of drug-likeness (QED) is 0.533. The lowest BCUT2D eigenvalue weighted by Crippen LogP contribution is -2.16. The fraction of sp³-hybridized carbons (Fsp3) is 0.269. The number of hydrogen-bond donors (Lipinski definition) is 2. The minimum Gasteiger partial charge on any atom is -0.488 e. The molecule has 0 saturated heterocycles. The van der Waals surface area contributed by atoms with Gasteiger partial charge in [0.2, 0.25) is 0 Å². The van der Waals surface area contributed by atoms with E-state index in [1.807, 2.05) is 60.7 Å². The number of carbonyl (C=O) groups is 1. The van der Waals surface area contributed by atoms with E-state index in [-0.39, 0.29) is 5.91 Å². The highest BCUT2D eigenvalue weighted by Crippen LogP contribution is 2.28. The first kappa shape index (κ1) is 20.0. The number of carbonyl (C=O) groups excluding carboxylic acids is 1. The molecule has 0 saturated carbocycles. The predicted molar refractivity (Wildman–Crippen MR) is 123 cm³/mol. The Bertz CT molecular complexity index is 1030. The molecule has 0 atom stereocenters. The first-order valence-electron chi connectivity index (χ1n) is 10.6. The number of nitrogens with one attached hydrogen (secondary N) is 2. The van der Waals surface area contributed by atoms with E-state index < -0.39 is 0 Å². The van der Waals surface area contributed by atoms with E-state index in [9.17, 15) is 4.79 Å². The van der Waals surface area contributed by atoms with Crippen molar-refractivity contribution in [3.8, 4) is 5.75 Å². The molecule has 4 rings (SSSR count). The van der Waals surface area contributed by atoms with E-state index in [4.69, 9.17) is 4.74 Å². The second-order valence-corrected chi connectivity index (χ2v) is 8.04. The molecule has 3 aromatic rings. The molecular formula is C26H28N2O2. The first-order chi connectivity index (χ1) is 14.6. The molecule has 0 spiro atoms. The van der Waals surface area contributed by atoms with Crippen molar-refractivity contribution < 1.29 is 9.53 Å². The summed E-state index contributed by atoms with van der Waals surface area (Å²) in [5, 5.41) is 6.47. The van der Waals surface area contributed by atoms with Crippen LogP contribution in [0.15, 0.2) is 66.7 Å². The first-order valence-corrected chi connectivity index (χ1v) is 10.6. The Morgan fingerprint density at radius 2 is 1.90 bits per heavy atom. The molecule has 1 aliphatic rings. The van der Waals surface area contributed by atoms with Gasteiger partial charge in [-0.2, -0.15) is 0 Å². The maximum Gasteiger partial charge on any atom is 0.259 e. The summed E-state index contributed by atoms with van der Waals surface area (Å²) < 4.78 is 6.04. The Balaban J connectivity index is 1.57. The summed E-state index contributed by atoms with van der Waals surface area (Å²) in [7, 11) is 0. The van der Waals surface area contributed by atoms with Crippen molar-refractivity contribution in [3.63, 3.8) is 0 Å². The number of fused-ring (bicyclic) bond motifs is 1. The molecule has 0 unspecified atom stereocenters. The summed E-state index contributed by atoms with van der Waals surface area (Å²) in [6.45, 7) is 5.67. The van der Waals surface area contributed by atoms with Crippen molar-refractivity contribution in [2.24, 2.45) is 0 Å². The van der Waals surface area contributed by atoms with Gasteiger partial charge in [0.1, 0.15) is 12.4 Å². The van der Waals surface area contributed by atoms with Crippen LogP contribution >= 0.6 is 0 Å². The Morgan fingerprint density at radius 1 is 1.07 bits per heavy atom. The topological polar surface area (TPSA) is 50.4 Å². The zero-order chi connectivity index (χ0) is 20.9. The normalized spacial score (nSPS) is 12.8. The second-order valence-electron chi connectivity index (χ2n) is 8.04. The van der Waals surface area contributed by atoms with E-state index in [1.54, 1.807) is 0 Å². The van der Waals surface area contributed by atoms with Crippen molar-refractivity contribution >= 4 is 17.3 Å². The van der Waals surface area contributed by atoms with Crippen LogP contribution in [-0.4, -0.2) is 12.5 Å². The lowest BCUT2D eigenvalue weighted by molar-refractivity contribution is 0.102. The van der Waals surface area contributed by atoms with Crippen LogP contribution in [0.1, 0.15) is 53.2 Å². The zero-order valence-electron chi connectivity index (χ0n) is 17.6. The van der Waals surface area contributed by atoms with E-state index in [0.717, 1.165) is 41.9 Å². The molecule has 0 bridgehead atoms. The average molecular weight is 401 g/mol. The van der Waals surface area contributed by atoms with Gasteiger partial charge in [0.25, 0.3) is 5.91 Å². The van der Waals surface area contributed by atoms with Gasteiger partial charge in [-0.1, -0.05) is 50.2 Å². The molecule has 0 radical (unpaired) electrons. The molecule has 2 N–H and O–H groups in total. The van der Waals surface area contributed by atoms with Gasteiger partial charge in [-0.15, -0.1) is 0 Å². The van der Waals surface area contributed by atoms with E-state index >= 15 is 0 Å². The fourth-order valence-electron chi connectivity index (χ4n) is 3.70. The molecule has 1 heterocycles. The SMILES string of the molecule is CC(C)c1ccc(OCc2ccccc2)c(C(=O)Nc2ccc3c(c2)CCCN3)c1. The average Bonchev–Trinajstić information content (AvgIpc) is 2.78. The highest BCUT2D eigenvalue weighted by atomic mass is 16.5. The minimum absolute atomic E-state index is 0.149. The smallest absolute Gasteiger partial charge is 0.259 e. The van der Waals surface area contributed by atoms with Crippen LogP contribution in [0.4, 0.5) is 11.4 Å². The number of ether oxygens (including phenoxy) is 1. The number of amides is 1. The van der Waals surface area contributed by atoms with Gasteiger partial charge < -0.3 is 15.4 Å². The summed E-state index contributed by atoms with van der Waals surface area (Å²) in [6, 6.07) is 21.9. The zero-order valence-corrected chi connectivity index (χ0v) is 17.6. The van der Waals surface area contributed by atoms with Gasteiger partial charge in [0, 0.05) is 17.9 Å². The predicted octanol–water partition coefficient (Wildman–Crippen LogP) is 6.00. The number of aryl methyl sites for hydroxylation is 1. The van der Waals surface area contributed by atoms with Gasteiger partial charge in [-0.3, -0.25) is 4.79 Å². The van der Waals surface area contributed by atoms with Gasteiger partial charge in [-0.25, -0.2) is 0 Å². The van der Waals surface area contributed by atoms with Crippen molar-refractivity contribution in [2.75, 3.05) is 17.2 Å². The van der Waals surface area contributed by atoms with Crippen LogP contribution in [0.25, 0.3) is 0 Å². The van der Waals surface area contributed by atoms with Crippen LogP contribution in [0.5, 0.6) is 5.75 Å². The fourth-order valence-corrected chi connectivity index (χ4v) is 3.70. The third kappa shape index (κ3) is 4.65. The Kier molecular flexibility index (Phi) is 6.03. The van der Waals surface area contributed by atoms with Crippen LogP contribution in [0.2, 0.25) is 0 Å². The Labute approximate surface area is 178 Å².